The minimum atomic E-state index is -0.0563. The van der Waals surface area contributed by atoms with Gasteiger partial charge in [-0.1, -0.05) is 115 Å². The quantitative estimate of drug-likeness (QED) is 0.227. The van der Waals surface area contributed by atoms with Gasteiger partial charge in [0.25, 0.3) is 5.91 Å². The zero-order valence-electron chi connectivity index (χ0n) is 20.9. The fourth-order valence-corrected chi connectivity index (χ4v) is 4.71. The van der Waals surface area contributed by atoms with Crippen LogP contribution in [0.1, 0.15) is 27.0 Å². The number of hydrogen-bond donors (Lipinski definition) is 1. The monoisotopic (exact) mass is 493 g/mol. The second-order valence-electron chi connectivity index (χ2n) is 9.39. The molecule has 3 heteroatoms. The van der Waals surface area contributed by atoms with Gasteiger partial charge in [0.1, 0.15) is 11.3 Å². The Balaban J connectivity index is 1.13. The molecule has 1 aromatic heterocycles. The first-order valence-electron chi connectivity index (χ1n) is 12.8. The van der Waals surface area contributed by atoms with Crippen molar-refractivity contribution in [3.05, 3.63) is 144 Å². The number of amides is 1. The maximum absolute atomic E-state index is 12.6. The molecule has 5 aromatic carbocycles. The summed E-state index contributed by atoms with van der Waals surface area (Å²) < 4.78 is 6.27. The van der Waals surface area contributed by atoms with Crippen molar-refractivity contribution in [3.63, 3.8) is 0 Å². The van der Waals surface area contributed by atoms with E-state index in [1.54, 1.807) is 0 Å². The van der Waals surface area contributed by atoms with Crippen LogP contribution in [0, 0.1) is 0 Å². The Morgan fingerprint density at radius 3 is 2.32 bits per heavy atom. The van der Waals surface area contributed by atoms with Crippen LogP contribution in [0.4, 0.5) is 0 Å². The van der Waals surface area contributed by atoms with Gasteiger partial charge in [-0.3, -0.25) is 4.79 Å². The summed E-state index contributed by atoms with van der Waals surface area (Å²) in [5.74, 6) is 0.803. The topological polar surface area (TPSA) is 42.2 Å². The molecule has 0 unspecified atom stereocenters. The molecule has 0 aliphatic heterocycles. The van der Waals surface area contributed by atoms with Crippen molar-refractivity contribution in [3.8, 4) is 11.3 Å². The average molecular weight is 494 g/mol. The van der Waals surface area contributed by atoms with Crippen molar-refractivity contribution in [2.24, 2.45) is 0 Å². The van der Waals surface area contributed by atoms with Gasteiger partial charge in [-0.05, 0) is 46.7 Å². The minimum Gasteiger partial charge on any atom is -0.455 e. The van der Waals surface area contributed by atoms with Crippen LogP contribution in [0.5, 0.6) is 0 Å². The van der Waals surface area contributed by atoms with Crippen molar-refractivity contribution in [1.29, 1.82) is 0 Å². The van der Waals surface area contributed by atoms with Crippen molar-refractivity contribution in [1.82, 2.24) is 5.32 Å². The first kappa shape index (κ1) is 23.5. The summed E-state index contributed by atoms with van der Waals surface area (Å²) in [5, 5.41) is 6.42. The molecule has 1 N–H and O–H groups in total. The Kier molecular flexibility index (Phi) is 6.57. The van der Waals surface area contributed by atoms with Crippen LogP contribution < -0.4 is 5.32 Å². The number of carbonyl (C=O) groups is 1. The van der Waals surface area contributed by atoms with Gasteiger partial charge >= 0.3 is 0 Å². The van der Waals surface area contributed by atoms with Crippen LogP contribution in [0.25, 0.3) is 45.2 Å². The summed E-state index contributed by atoms with van der Waals surface area (Å²) in [6, 6.07) is 40.8. The molecule has 1 amide bonds. The van der Waals surface area contributed by atoms with E-state index in [0.717, 1.165) is 45.2 Å². The van der Waals surface area contributed by atoms with Gasteiger partial charge in [0.15, 0.2) is 0 Å². The van der Waals surface area contributed by atoms with Gasteiger partial charge in [-0.25, -0.2) is 0 Å². The van der Waals surface area contributed by atoms with E-state index in [1.165, 1.54) is 10.9 Å². The van der Waals surface area contributed by atoms with Crippen LogP contribution in [0.3, 0.4) is 0 Å². The van der Waals surface area contributed by atoms with Crippen LogP contribution in [-0.2, 0) is 6.42 Å². The fraction of sp³-hybridized carbons (Fsp3) is 0.0571. The molecule has 184 valence electrons. The van der Waals surface area contributed by atoms with Crippen LogP contribution in [0.15, 0.2) is 126 Å². The van der Waals surface area contributed by atoms with Crippen molar-refractivity contribution in [2.75, 3.05) is 6.54 Å². The van der Waals surface area contributed by atoms with E-state index in [1.807, 2.05) is 60.7 Å². The van der Waals surface area contributed by atoms with Crippen molar-refractivity contribution in [2.45, 2.75) is 6.42 Å². The molecule has 3 nitrogen and oxygen atoms in total. The molecular formula is C35H27NO2. The van der Waals surface area contributed by atoms with E-state index < -0.39 is 0 Å². The van der Waals surface area contributed by atoms with Gasteiger partial charge < -0.3 is 9.73 Å². The van der Waals surface area contributed by atoms with E-state index in [2.05, 4.69) is 78.1 Å². The highest BCUT2D eigenvalue weighted by atomic mass is 16.3. The molecule has 6 aromatic rings. The zero-order chi connectivity index (χ0) is 25.7. The van der Waals surface area contributed by atoms with E-state index in [9.17, 15) is 4.79 Å². The SMILES string of the molecule is O=C(NCCc1ccccc1)c1cccc(C=Cc2ccc(-c3cc4ccc5ccccc5c4o3)cc2)c1. The Hall–Kier alpha value is -4.89. The molecule has 0 aliphatic rings. The predicted molar refractivity (Wildman–Crippen MR) is 157 cm³/mol. The molecule has 0 aliphatic carbocycles. The molecule has 0 saturated carbocycles. The molecule has 38 heavy (non-hydrogen) atoms. The third-order valence-electron chi connectivity index (χ3n) is 6.76. The number of carbonyl (C=O) groups excluding carboxylic acids is 1. The smallest absolute Gasteiger partial charge is 0.251 e. The Morgan fingerprint density at radius 2 is 1.45 bits per heavy atom. The van der Waals surface area contributed by atoms with Crippen molar-refractivity contribution >= 4 is 39.8 Å². The zero-order valence-corrected chi connectivity index (χ0v) is 20.9. The normalized spacial score (nSPS) is 11.4. The highest BCUT2D eigenvalue weighted by molar-refractivity contribution is 6.05. The molecule has 6 rings (SSSR count). The highest BCUT2D eigenvalue weighted by Gasteiger charge is 2.09. The number of fused-ring (bicyclic) bond motifs is 3. The molecule has 0 bridgehead atoms. The molecular weight excluding hydrogens is 466 g/mol. The Labute approximate surface area is 222 Å². The predicted octanol–water partition coefficient (Wildman–Crippen LogP) is 8.40. The van der Waals surface area contributed by atoms with Gasteiger partial charge in [0.05, 0.1) is 0 Å². The Morgan fingerprint density at radius 1 is 0.684 bits per heavy atom. The highest BCUT2D eigenvalue weighted by Crippen LogP contribution is 2.33. The number of nitrogens with one attached hydrogen (secondary N) is 1. The summed E-state index contributed by atoms with van der Waals surface area (Å²) in [5.41, 5.74) is 5.89. The van der Waals surface area contributed by atoms with Gasteiger partial charge in [-0.2, -0.15) is 0 Å². The lowest BCUT2D eigenvalue weighted by Gasteiger charge is -2.06. The van der Waals surface area contributed by atoms with E-state index in [4.69, 9.17) is 4.42 Å². The second-order valence-corrected chi connectivity index (χ2v) is 9.39. The molecule has 1 heterocycles. The lowest BCUT2D eigenvalue weighted by Crippen LogP contribution is -2.25. The number of benzene rings is 5. The first-order valence-corrected chi connectivity index (χ1v) is 12.8. The van der Waals surface area contributed by atoms with E-state index >= 15 is 0 Å². The average Bonchev–Trinajstić information content (AvgIpc) is 3.42. The van der Waals surface area contributed by atoms with E-state index in [0.29, 0.717) is 12.1 Å². The number of furan rings is 1. The standard InChI is InChI=1S/C35H27NO2/c37-35(36-22-21-25-7-2-1-3-8-25)31-11-6-9-27(23-31)14-13-26-15-17-29(18-16-26)33-24-30-20-19-28-10-4-5-12-32(28)34(30)38-33/h1-20,23-24H,21-22H2,(H,36,37). The summed E-state index contributed by atoms with van der Waals surface area (Å²) >= 11 is 0. The Bertz CT molecular complexity index is 1740. The molecule has 0 atom stereocenters. The van der Waals surface area contributed by atoms with Gasteiger partial charge in [-0.15, -0.1) is 0 Å². The third kappa shape index (κ3) is 5.14. The summed E-state index contributed by atoms with van der Waals surface area (Å²) in [6.07, 6.45) is 4.90. The molecule has 0 radical (unpaired) electrons. The maximum Gasteiger partial charge on any atom is 0.251 e. The molecule has 0 saturated heterocycles. The summed E-state index contributed by atoms with van der Waals surface area (Å²) in [7, 11) is 0. The van der Waals surface area contributed by atoms with Gasteiger partial charge in [0.2, 0.25) is 0 Å². The summed E-state index contributed by atoms with van der Waals surface area (Å²) in [4.78, 5) is 12.6. The first-order chi connectivity index (χ1) is 18.7. The van der Waals surface area contributed by atoms with Gasteiger partial charge in [0, 0.05) is 28.4 Å². The lowest BCUT2D eigenvalue weighted by atomic mass is 10.1. The van der Waals surface area contributed by atoms with E-state index in [-0.39, 0.29) is 5.91 Å². The largest absolute Gasteiger partial charge is 0.455 e. The maximum atomic E-state index is 12.6. The summed E-state index contributed by atoms with van der Waals surface area (Å²) in [6.45, 7) is 0.608. The lowest BCUT2D eigenvalue weighted by molar-refractivity contribution is 0.0954. The van der Waals surface area contributed by atoms with Crippen molar-refractivity contribution < 1.29 is 9.21 Å². The fourth-order valence-electron chi connectivity index (χ4n) is 4.71. The van der Waals surface area contributed by atoms with Crippen LogP contribution >= 0.6 is 0 Å². The van der Waals surface area contributed by atoms with Crippen LogP contribution in [0.2, 0.25) is 0 Å². The van der Waals surface area contributed by atoms with Crippen LogP contribution in [-0.4, -0.2) is 12.5 Å². The molecule has 0 spiro atoms. The third-order valence-corrected chi connectivity index (χ3v) is 6.76. The molecule has 0 fully saturated rings. The second kappa shape index (κ2) is 10.6. The number of hydrogen-bond acceptors (Lipinski definition) is 2. The minimum absolute atomic E-state index is 0.0563. The number of rotatable bonds is 7.